The van der Waals surface area contributed by atoms with Crippen molar-refractivity contribution >= 4 is 29.1 Å². The van der Waals surface area contributed by atoms with Crippen molar-refractivity contribution in [3.8, 4) is 0 Å². The largest absolute Gasteiger partial charge is 0.363 e. The van der Waals surface area contributed by atoms with Gasteiger partial charge in [-0.1, -0.05) is 6.07 Å². The van der Waals surface area contributed by atoms with Gasteiger partial charge in [-0.2, -0.15) is 0 Å². The van der Waals surface area contributed by atoms with E-state index in [2.05, 4.69) is 39.7 Å². The maximum Gasteiger partial charge on any atom is 0.255 e. The Balaban J connectivity index is 1.35. The van der Waals surface area contributed by atoms with Gasteiger partial charge in [0.25, 0.3) is 5.91 Å². The summed E-state index contributed by atoms with van der Waals surface area (Å²) in [5.74, 6) is -0.196. The summed E-state index contributed by atoms with van der Waals surface area (Å²) in [6.07, 6.45) is 6.94. The standard InChI is InChI=1S/C25H25N5O3/c1-29-22(16-3-2-10-26-12-16)21(28-23(29)14-4-5-14)15-6-7-18-17(11-15)13-30(25(18)33)19-8-9-20(31)27-24(19)32/h2-3,6-7,10-12,14,19,23,28H,4-5,8-9,13H2,1H3,(H,27,31,32). The van der Waals surface area contributed by atoms with Gasteiger partial charge in [0.2, 0.25) is 11.8 Å². The molecule has 1 aliphatic carbocycles. The first kappa shape index (κ1) is 20.0. The number of hydrogen-bond acceptors (Lipinski definition) is 6. The minimum atomic E-state index is -0.605. The molecule has 2 atom stereocenters. The molecule has 0 bridgehead atoms. The van der Waals surface area contributed by atoms with Gasteiger partial charge in [-0.05, 0) is 55.0 Å². The van der Waals surface area contributed by atoms with Crippen molar-refractivity contribution in [2.75, 3.05) is 7.05 Å². The maximum absolute atomic E-state index is 13.1. The fourth-order valence-electron chi connectivity index (χ4n) is 5.28. The molecule has 4 heterocycles. The van der Waals surface area contributed by atoms with Crippen molar-refractivity contribution in [1.82, 2.24) is 25.4 Å². The second kappa shape index (κ2) is 7.43. The van der Waals surface area contributed by atoms with Crippen molar-refractivity contribution in [3.63, 3.8) is 0 Å². The molecule has 0 spiro atoms. The van der Waals surface area contributed by atoms with Crippen molar-refractivity contribution in [2.24, 2.45) is 5.92 Å². The zero-order chi connectivity index (χ0) is 22.7. The average Bonchev–Trinajstić information content (AvgIpc) is 3.53. The van der Waals surface area contributed by atoms with Gasteiger partial charge in [0.1, 0.15) is 12.2 Å². The third kappa shape index (κ3) is 3.28. The highest BCUT2D eigenvalue weighted by atomic mass is 16.2. The van der Waals surface area contributed by atoms with E-state index in [-0.39, 0.29) is 30.3 Å². The Labute approximate surface area is 191 Å². The van der Waals surface area contributed by atoms with E-state index in [1.807, 2.05) is 24.4 Å². The van der Waals surface area contributed by atoms with Crippen LogP contribution in [0, 0.1) is 5.92 Å². The average molecular weight is 444 g/mol. The van der Waals surface area contributed by atoms with Crippen molar-refractivity contribution in [3.05, 3.63) is 65.0 Å². The molecule has 1 aromatic heterocycles. The van der Waals surface area contributed by atoms with Gasteiger partial charge in [-0.15, -0.1) is 0 Å². The quantitative estimate of drug-likeness (QED) is 0.702. The molecule has 33 heavy (non-hydrogen) atoms. The molecular weight excluding hydrogens is 418 g/mol. The molecule has 4 aliphatic rings. The highest BCUT2D eigenvalue weighted by molar-refractivity contribution is 6.05. The Morgan fingerprint density at radius 3 is 2.64 bits per heavy atom. The molecule has 6 rings (SSSR count). The molecule has 168 valence electrons. The number of rotatable bonds is 4. The molecule has 8 nitrogen and oxygen atoms in total. The number of amides is 3. The first-order chi connectivity index (χ1) is 16.0. The zero-order valence-corrected chi connectivity index (χ0v) is 18.4. The van der Waals surface area contributed by atoms with E-state index < -0.39 is 6.04 Å². The van der Waals surface area contributed by atoms with Crippen LogP contribution in [-0.2, 0) is 16.1 Å². The number of fused-ring (bicyclic) bond motifs is 1. The Hall–Kier alpha value is -3.68. The van der Waals surface area contributed by atoms with Crippen LogP contribution in [0.2, 0.25) is 0 Å². The zero-order valence-electron chi connectivity index (χ0n) is 18.4. The van der Waals surface area contributed by atoms with Gasteiger partial charge in [0.15, 0.2) is 0 Å². The number of carbonyl (C=O) groups is 3. The lowest BCUT2D eigenvalue weighted by Gasteiger charge is -2.29. The summed E-state index contributed by atoms with van der Waals surface area (Å²) in [6.45, 7) is 0.367. The summed E-state index contributed by atoms with van der Waals surface area (Å²) < 4.78 is 0. The number of hydrogen-bond donors (Lipinski definition) is 2. The second-order valence-corrected chi connectivity index (χ2v) is 9.27. The monoisotopic (exact) mass is 443 g/mol. The van der Waals surface area contributed by atoms with Crippen LogP contribution in [0.1, 0.15) is 52.7 Å². The lowest BCUT2D eigenvalue weighted by atomic mass is 10.0. The smallest absolute Gasteiger partial charge is 0.255 e. The highest BCUT2D eigenvalue weighted by Crippen LogP contribution is 2.43. The van der Waals surface area contributed by atoms with Crippen molar-refractivity contribution < 1.29 is 14.4 Å². The SMILES string of the molecule is CN1C(c2cccnc2)=C(c2ccc3c(c2)CN(C2CCC(=O)NC2=O)C3=O)NC1C1CC1. The maximum atomic E-state index is 13.1. The molecule has 3 amide bonds. The molecule has 1 saturated carbocycles. The number of piperidine rings is 1. The third-order valence-corrected chi connectivity index (χ3v) is 7.11. The molecule has 2 unspecified atom stereocenters. The molecule has 1 aromatic carbocycles. The van der Waals surface area contributed by atoms with E-state index in [1.54, 1.807) is 11.1 Å². The molecule has 3 aliphatic heterocycles. The first-order valence-electron chi connectivity index (χ1n) is 11.4. The Bertz CT molecular complexity index is 1200. The van der Waals surface area contributed by atoms with Gasteiger partial charge >= 0.3 is 0 Å². The lowest BCUT2D eigenvalue weighted by Crippen LogP contribution is -2.52. The molecule has 8 heteroatoms. The summed E-state index contributed by atoms with van der Waals surface area (Å²) in [5, 5.41) is 6.09. The summed E-state index contributed by atoms with van der Waals surface area (Å²) in [7, 11) is 2.12. The lowest BCUT2D eigenvalue weighted by molar-refractivity contribution is -0.136. The van der Waals surface area contributed by atoms with Gasteiger partial charge in [-0.3, -0.25) is 24.7 Å². The normalized spacial score (nSPS) is 24.8. The fourth-order valence-corrected chi connectivity index (χ4v) is 5.28. The van der Waals surface area contributed by atoms with Gasteiger partial charge < -0.3 is 15.1 Å². The van der Waals surface area contributed by atoms with Crippen LogP contribution in [0.25, 0.3) is 11.4 Å². The van der Waals surface area contributed by atoms with E-state index >= 15 is 0 Å². The van der Waals surface area contributed by atoms with Gasteiger partial charge in [-0.25, -0.2) is 0 Å². The third-order valence-electron chi connectivity index (χ3n) is 7.11. The summed E-state index contributed by atoms with van der Waals surface area (Å²) in [6, 6.07) is 9.30. The number of imide groups is 1. The highest BCUT2D eigenvalue weighted by Gasteiger charge is 2.42. The second-order valence-electron chi connectivity index (χ2n) is 9.27. The van der Waals surface area contributed by atoms with Crippen LogP contribution < -0.4 is 10.6 Å². The minimum Gasteiger partial charge on any atom is -0.363 e. The number of benzene rings is 1. The fraction of sp³-hybridized carbons (Fsp3) is 0.360. The predicted octanol–water partition coefficient (Wildman–Crippen LogP) is 1.94. The Morgan fingerprint density at radius 2 is 1.91 bits per heavy atom. The van der Waals surface area contributed by atoms with Crippen LogP contribution >= 0.6 is 0 Å². The minimum absolute atomic E-state index is 0.153. The number of aromatic nitrogens is 1. The predicted molar refractivity (Wildman–Crippen MR) is 121 cm³/mol. The van der Waals surface area contributed by atoms with E-state index in [0.29, 0.717) is 24.4 Å². The summed E-state index contributed by atoms with van der Waals surface area (Å²) in [4.78, 5) is 45.1. The van der Waals surface area contributed by atoms with Crippen LogP contribution in [0.15, 0.2) is 42.7 Å². The molecular formula is C25H25N5O3. The molecule has 0 radical (unpaired) electrons. The molecule has 1 saturated heterocycles. The van der Waals surface area contributed by atoms with E-state index in [1.165, 1.54) is 12.8 Å². The topological polar surface area (TPSA) is 94.6 Å². The summed E-state index contributed by atoms with van der Waals surface area (Å²) in [5.41, 5.74) is 5.73. The summed E-state index contributed by atoms with van der Waals surface area (Å²) >= 11 is 0. The van der Waals surface area contributed by atoms with Crippen LogP contribution in [-0.4, -0.2) is 51.8 Å². The van der Waals surface area contributed by atoms with E-state index in [4.69, 9.17) is 0 Å². The van der Waals surface area contributed by atoms with E-state index in [9.17, 15) is 14.4 Å². The Kier molecular flexibility index (Phi) is 4.50. The molecule has 2 fully saturated rings. The van der Waals surface area contributed by atoms with Gasteiger partial charge in [0.05, 0.1) is 11.4 Å². The number of nitrogens with one attached hydrogen (secondary N) is 2. The number of pyridine rings is 1. The number of carbonyl (C=O) groups excluding carboxylic acids is 3. The number of nitrogens with zero attached hydrogens (tertiary/aromatic N) is 3. The van der Waals surface area contributed by atoms with Crippen LogP contribution in [0.3, 0.4) is 0 Å². The van der Waals surface area contributed by atoms with Crippen LogP contribution in [0.4, 0.5) is 0 Å². The van der Waals surface area contributed by atoms with E-state index in [0.717, 1.165) is 28.1 Å². The Morgan fingerprint density at radius 1 is 1.06 bits per heavy atom. The van der Waals surface area contributed by atoms with Crippen molar-refractivity contribution in [1.29, 1.82) is 0 Å². The first-order valence-corrected chi connectivity index (χ1v) is 11.4. The van der Waals surface area contributed by atoms with Gasteiger partial charge in [0, 0.05) is 49.1 Å². The van der Waals surface area contributed by atoms with Crippen LogP contribution in [0.5, 0.6) is 0 Å². The van der Waals surface area contributed by atoms with Crippen molar-refractivity contribution in [2.45, 2.75) is 44.4 Å². The molecule has 2 N–H and O–H groups in total. The molecule has 2 aromatic rings.